The van der Waals surface area contributed by atoms with E-state index in [0.717, 1.165) is 41.8 Å². The van der Waals surface area contributed by atoms with E-state index in [9.17, 15) is 4.79 Å². The molecule has 1 aliphatic rings. The molecule has 0 unspecified atom stereocenters. The van der Waals surface area contributed by atoms with E-state index in [1.54, 1.807) is 12.1 Å². The van der Waals surface area contributed by atoms with Gasteiger partial charge >= 0.3 is 6.03 Å². The number of carbonyl (C=O) groups is 1. The molecule has 0 aliphatic carbocycles. The molecule has 0 saturated carbocycles. The summed E-state index contributed by atoms with van der Waals surface area (Å²) in [4.78, 5) is 23.7. The van der Waals surface area contributed by atoms with E-state index in [1.807, 2.05) is 50.2 Å². The van der Waals surface area contributed by atoms with Crippen LogP contribution in [0.4, 0.5) is 33.5 Å². The fourth-order valence-electron chi connectivity index (χ4n) is 3.52. The molecule has 1 aromatic heterocycles. The molecule has 1 fully saturated rings. The Labute approximate surface area is 186 Å². The van der Waals surface area contributed by atoms with Crippen molar-refractivity contribution in [2.45, 2.75) is 26.7 Å². The van der Waals surface area contributed by atoms with Crippen molar-refractivity contribution < 1.29 is 4.79 Å². The first-order valence-electron chi connectivity index (χ1n) is 10.3. The maximum absolute atomic E-state index is 12.3. The van der Waals surface area contributed by atoms with Gasteiger partial charge < -0.3 is 20.9 Å². The summed E-state index contributed by atoms with van der Waals surface area (Å²) >= 11 is 6.01. The Kier molecular flexibility index (Phi) is 6.23. The van der Waals surface area contributed by atoms with Crippen LogP contribution in [0.25, 0.3) is 0 Å². The molecule has 3 N–H and O–H groups in total. The zero-order valence-electron chi connectivity index (χ0n) is 17.6. The summed E-state index contributed by atoms with van der Waals surface area (Å²) in [5.41, 5.74) is 3.17. The van der Waals surface area contributed by atoms with E-state index in [2.05, 4.69) is 30.8 Å². The second-order valence-corrected chi connectivity index (χ2v) is 8.03. The van der Waals surface area contributed by atoms with Gasteiger partial charge in [-0.1, -0.05) is 17.7 Å². The first kappa shape index (κ1) is 20.9. The van der Waals surface area contributed by atoms with Crippen LogP contribution < -0.4 is 20.9 Å². The number of nitrogens with zero attached hydrogens (tertiary/aromatic N) is 3. The van der Waals surface area contributed by atoms with Crippen molar-refractivity contribution >= 4 is 46.3 Å². The van der Waals surface area contributed by atoms with Gasteiger partial charge in [0.2, 0.25) is 0 Å². The van der Waals surface area contributed by atoms with Gasteiger partial charge in [0.05, 0.1) is 0 Å². The zero-order chi connectivity index (χ0) is 21.8. The van der Waals surface area contributed by atoms with Crippen LogP contribution in [0.5, 0.6) is 0 Å². The van der Waals surface area contributed by atoms with E-state index in [-0.39, 0.29) is 6.03 Å². The minimum Gasteiger partial charge on any atom is -0.356 e. The number of carbonyl (C=O) groups excluding carboxylic acids is 1. The van der Waals surface area contributed by atoms with Gasteiger partial charge in [-0.05, 0) is 68.7 Å². The topological polar surface area (TPSA) is 82.2 Å². The summed E-state index contributed by atoms with van der Waals surface area (Å²) in [7, 11) is 0. The van der Waals surface area contributed by atoms with Gasteiger partial charge in [-0.25, -0.2) is 14.8 Å². The molecular formula is C23H25ClN6O. The van der Waals surface area contributed by atoms with Gasteiger partial charge in [0.15, 0.2) is 0 Å². The molecule has 2 heterocycles. The summed E-state index contributed by atoms with van der Waals surface area (Å²) < 4.78 is 0. The molecule has 160 valence electrons. The molecule has 0 radical (unpaired) electrons. The van der Waals surface area contributed by atoms with Gasteiger partial charge in [-0.2, -0.15) is 0 Å². The van der Waals surface area contributed by atoms with Crippen LogP contribution in [0.3, 0.4) is 0 Å². The molecule has 1 aliphatic heterocycles. The van der Waals surface area contributed by atoms with Crippen molar-refractivity contribution in [2.24, 2.45) is 0 Å². The fraction of sp³-hybridized carbons (Fsp3) is 0.261. The molecule has 1 saturated heterocycles. The highest BCUT2D eigenvalue weighted by Crippen LogP contribution is 2.24. The van der Waals surface area contributed by atoms with Gasteiger partial charge in [0, 0.05) is 41.2 Å². The number of aromatic nitrogens is 2. The van der Waals surface area contributed by atoms with Crippen molar-refractivity contribution in [3.05, 3.63) is 64.9 Å². The molecule has 2 aromatic carbocycles. The maximum atomic E-state index is 12.3. The maximum Gasteiger partial charge on any atom is 0.323 e. The lowest BCUT2D eigenvalue weighted by molar-refractivity contribution is 0.262. The molecule has 0 atom stereocenters. The van der Waals surface area contributed by atoms with Crippen molar-refractivity contribution in [3.8, 4) is 0 Å². The van der Waals surface area contributed by atoms with Crippen molar-refractivity contribution in [3.63, 3.8) is 0 Å². The molecule has 7 nitrogen and oxygen atoms in total. The number of aryl methyl sites for hydroxylation is 2. The molecule has 3 aromatic rings. The van der Waals surface area contributed by atoms with Crippen LogP contribution in [0.1, 0.15) is 24.2 Å². The van der Waals surface area contributed by atoms with E-state index in [0.29, 0.717) is 16.4 Å². The van der Waals surface area contributed by atoms with Crippen molar-refractivity contribution in [1.82, 2.24) is 9.97 Å². The Morgan fingerprint density at radius 1 is 0.935 bits per heavy atom. The quantitative estimate of drug-likeness (QED) is 0.475. The minimum absolute atomic E-state index is 0.326. The Hall–Kier alpha value is -3.32. The van der Waals surface area contributed by atoms with Gasteiger partial charge in [0.25, 0.3) is 0 Å². The number of anilines is 5. The lowest BCUT2D eigenvalue weighted by Crippen LogP contribution is -2.20. The summed E-state index contributed by atoms with van der Waals surface area (Å²) in [5, 5.41) is 9.55. The summed E-state index contributed by atoms with van der Waals surface area (Å²) in [5.74, 6) is 2.45. The van der Waals surface area contributed by atoms with E-state index in [4.69, 9.17) is 11.6 Å². The van der Waals surface area contributed by atoms with Crippen LogP contribution >= 0.6 is 11.6 Å². The number of halogens is 1. The van der Waals surface area contributed by atoms with Crippen LogP contribution in [0.2, 0.25) is 5.02 Å². The van der Waals surface area contributed by atoms with E-state index in [1.165, 1.54) is 12.8 Å². The average molecular weight is 437 g/mol. The monoisotopic (exact) mass is 436 g/mol. The normalized spacial score (nSPS) is 13.2. The van der Waals surface area contributed by atoms with Crippen LogP contribution in [-0.4, -0.2) is 29.1 Å². The van der Waals surface area contributed by atoms with Crippen molar-refractivity contribution in [2.75, 3.05) is 33.9 Å². The fourth-order valence-corrected chi connectivity index (χ4v) is 3.69. The number of nitrogens with one attached hydrogen (secondary N) is 3. The average Bonchev–Trinajstić information content (AvgIpc) is 3.27. The second-order valence-electron chi connectivity index (χ2n) is 7.59. The first-order valence-corrected chi connectivity index (χ1v) is 10.7. The lowest BCUT2D eigenvalue weighted by Gasteiger charge is -2.18. The highest BCUT2D eigenvalue weighted by Gasteiger charge is 2.15. The molecule has 31 heavy (non-hydrogen) atoms. The minimum atomic E-state index is -0.326. The number of hydrogen-bond donors (Lipinski definition) is 3. The number of amides is 2. The second kappa shape index (κ2) is 9.22. The van der Waals surface area contributed by atoms with Crippen molar-refractivity contribution in [1.29, 1.82) is 0 Å². The predicted molar refractivity (Wildman–Crippen MR) is 127 cm³/mol. The lowest BCUT2D eigenvalue weighted by atomic mass is 10.2. The Balaban J connectivity index is 1.39. The molecule has 4 rings (SSSR count). The van der Waals surface area contributed by atoms with Crippen LogP contribution in [-0.2, 0) is 0 Å². The number of rotatable bonds is 5. The highest BCUT2D eigenvalue weighted by atomic mass is 35.5. The Morgan fingerprint density at radius 3 is 2.39 bits per heavy atom. The van der Waals surface area contributed by atoms with E-state index < -0.39 is 0 Å². The van der Waals surface area contributed by atoms with Crippen LogP contribution in [0, 0.1) is 13.8 Å². The number of hydrogen-bond acceptors (Lipinski definition) is 5. The molecule has 0 bridgehead atoms. The smallest absolute Gasteiger partial charge is 0.323 e. The number of urea groups is 1. The third kappa shape index (κ3) is 5.44. The molecular weight excluding hydrogens is 412 g/mol. The standard InChI is InChI=1S/C23H25ClN6O/c1-15-5-6-17(24)13-20(15)29-23(31)28-19-9-7-18(8-10-19)27-21-14-22(26-16(2)25-21)30-11-3-4-12-30/h5-10,13-14H,3-4,11-12H2,1-2H3,(H,25,26,27)(H2,28,29,31). The zero-order valence-corrected chi connectivity index (χ0v) is 18.3. The highest BCUT2D eigenvalue weighted by molar-refractivity contribution is 6.31. The van der Waals surface area contributed by atoms with Gasteiger partial charge in [-0.15, -0.1) is 0 Å². The first-order chi connectivity index (χ1) is 15.0. The number of benzene rings is 2. The summed E-state index contributed by atoms with van der Waals surface area (Å²) in [6, 6.07) is 14.5. The predicted octanol–water partition coefficient (Wildman–Crippen LogP) is 5.73. The summed E-state index contributed by atoms with van der Waals surface area (Å²) in [6.07, 6.45) is 2.40. The third-order valence-corrected chi connectivity index (χ3v) is 5.35. The molecule has 0 spiro atoms. The van der Waals surface area contributed by atoms with E-state index >= 15 is 0 Å². The Morgan fingerprint density at radius 2 is 1.65 bits per heavy atom. The van der Waals surface area contributed by atoms with Gasteiger partial charge in [0.1, 0.15) is 17.5 Å². The van der Waals surface area contributed by atoms with Gasteiger partial charge in [-0.3, -0.25) is 0 Å². The molecule has 8 heteroatoms. The van der Waals surface area contributed by atoms with Crippen LogP contribution in [0.15, 0.2) is 48.5 Å². The summed E-state index contributed by atoms with van der Waals surface area (Å²) in [6.45, 7) is 5.88. The molecule has 2 amide bonds. The Bertz CT molecular complexity index is 1080. The third-order valence-electron chi connectivity index (χ3n) is 5.12. The largest absolute Gasteiger partial charge is 0.356 e. The SMILES string of the molecule is Cc1nc(Nc2ccc(NC(=O)Nc3cc(Cl)ccc3C)cc2)cc(N2CCCC2)n1.